The van der Waals surface area contributed by atoms with E-state index in [2.05, 4.69) is 22.0 Å². The Balaban J connectivity index is 1.72. The Labute approximate surface area is 140 Å². The number of rotatable bonds is 3. The highest BCUT2D eigenvalue weighted by Gasteiger charge is 2.23. The second kappa shape index (κ2) is 6.59. The molecule has 1 N–H and O–H groups in total. The van der Waals surface area contributed by atoms with E-state index < -0.39 is 0 Å². The van der Waals surface area contributed by atoms with Crippen LogP contribution in [-0.4, -0.2) is 34.8 Å². The molecule has 2 aromatic rings. The van der Waals surface area contributed by atoms with E-state index in [0.29, 0.717) is 16.7 Å². The van der Waals surface area contributed by atoms with Crippen molar-refractivity contribution >= 4 is 23.2 Å². The zero-order valence-corrected chi connectivity index (χ0v) is 14.2. The predicted molar refractivity (Wildman–Crippen MR) is 88.5 cm³/mol. The standard InChI is InChI=1S/C16H19Cl2N3O/c1-10-13(11(2)20-19-10)8-21-5-6-22-16(9-21)12-3-4-14(17)15(18)7-12/h3-4,7,16H,5-6,8-9H2,1-2H3,(H,19,20)/t16-/m1/s1. The lowest BCUT2D eigenvalue weighted by Crippen LogP contribution is -2.38. The van der Waals surface area contributed by atoms with Crippen LogP contribution in [0.3, 0.4) is 0 Å². The Morgan fingerprint density at radius 3 is 2.82 bits per heavy atom. The third-order valence-electron chi connectivity index (χ3n) is 4.13. The summed E-state index contributed by atoms with van der Waals surface area (Å²) in [5.41, 5.74) is 4.54. The first-order chi connectivity index (χ1) is 10.5. The average molecular weight is 340 g/mol. The van der Waals surface area contributed by atoms with Crippen LogP contribution in [0.25, 0.3) is 0 Å². The van der Waals surface area contributed by atoms with Gasteiger partial charge in [0.1, 0.15) is 0 Å². The van der Waals surface area contributed by atoms with Crippen molar-refractivity contribution in [1.29, 1.82) is 0 Å². The van der Waals surface area contributed by atoms with Crippen molar-refractivity contribution in [3.8, 4) is 0 Å². The first kappa shape index (κ1) is 15.8. The first-order valence-electron chi connectivity index (χ1n) is 7.34. The van der Waals surface area contributed by atoms with Gasteiger partial charge in [-0.2, -0.15) is 5.10 Å². The van der Waals surface area contributed by atoms with Gasteiger partial charge in [0.05, 0.1) is 28.5 Å². The second-order valence-corrected chi connectivity index (χ2v) is 6.50. The fourth-order valence-corrected chi connectivity index (χ4v) is 3.10. The molecule has 0 bridgehead atoms. The van der Waals surface area contributed by atoms with Gasteiger partial charge in [0, 0.05) is 30.9 Å². The van der Waals surface area contributed by atoms with Crippen LogP contribution in [0.15, 0.2) is 18.2 Å². The van der Waals surface area contributed by atoms with E-state index in [4.69, 9.17) is 27.9 Å². The van der Waals surface area contributed by atoms with Crippen molar-refractivity contribution in [2.24, 2.45) is 0 Å². The molecule has 3 rings (SSSR count). The molecule has 0 aliphatic carbocycles. The molecule has 1 aromatic carbocycles. The van der Waals surface area contributed by atoms with Crippen molar-refractivity contribution in [2.45, 2.75) is 26.5 Å². The molecule has 4 nitrogen and oxygen atoms in total. The number of ether oxygens (including phenoxy) is 1. The lowest BCUT2D eigenvalue weighted by Gasteiger charge is -2.33. The van der Waals surface area contributed by atoms with Gasteiger partial charge in [0.2, 0.25) is 0 Å². The largest absolute Gasteiger partial charge is 0.371 e. The molecule has 22 heavy (non-hydrogen) atoms. The fourth-order valence-electron chi connectivity index (χ4n) is 2.79. The molecule has 0 spiro atoms. The zero-order chi connectivity index (χ0) is 15.7. The van der Waals surface area contributed by atoms with Gasteiger partial charge in [-0.3, -0.25) is 10.00 Å². The molecule has 0 radical (unpaired) electrons. The summed E-state index contributed by atoms with van der Waals surface area (Å²) in [6, 6.07) is 5.70. The summed E-state index contributed by atoms with van der Waals surface area (Å²) < 4.78 is 5.90. The Hall–Kier alpha value is -1.07. The van der Waals surface area contributed by atoms with Crippen LogP contribution in [0.2, 0.25) is 10.0 Å². The maximum atomic E-state index is 6.11. The lowest BCUT2D eigenvalue weighted by molar-refractivity contribution is -0.0330. The molecule has 0 unspecified atom stereocenters. The number of hydrogen-bond donors (Lipinski definition) is 1. The fraction of sp³-hybridized carbons (Fsp3) is 0.438. The van der Waals surface area contributed by atoms with Gasteiger partial charge in [-0.05, 0) is 31.5 Å². The van der Waals surface area contributed by atoms with Crippen LogP contribution in [-0.2, 0) is 11.3 Å². The smallest absolute Gasteiger partial charge is 0.0953 e. The predicted octanol–water partition coefficient (Wildman–Crippen LogP) is 3.91. The molecule has 0 amide bonds. The van der Waals surface area contributed by atoms with Crippen LogP contribution < -0.4 is 0 Å². The van der Waals surface area contributed by atoms with Crippen molar-refractivity contribution in [3.05, 3.63) is 50.8 Å². The summed E-state index contributed by atoms with van der Waals surface area (Å²) >= 11 is 12.1. The van der Waals surface area contributed by atoms with Crippen LogP contribution in [0.5, 0.6) is 0 Å². The van der Waals surface area contributed by atoms with Gasteiger partial charge in [-0.1, -0.05) is 29.3 Å². The summed E-state index contributed by atoms with van der Waals surface area (Å²) in [7, 11) is 0. The molecular weight excluding hydrogens is 321 g/mol. The average Bonchev–Trinajstić information content (AvgIpc) is 2.82. The molecule has 1 aliphatic rings. The van der Waals surface area contributed by atoms with Crippen LogP contribution in [0, 0.1) is 13.8 Å². The number of H-pyrrole nitrogens is 1. The Bertz CT molecular complexity index is 652. The number of aromatic amines is 1. The van der Waals surface area contributed by atoms with E-state index in [1.54, 1.807) is 0 Å². The van der Waals surface area contributed by atoms with Gasteiger partial charge in [-0.25, -0.2) is 0 Å². The Morgan fingerprint density at radius 2 is 2.14 bits per heavy atom. The maximum absolute atomic E-state index is 6.11. The van der Waals surface area contributed by atoms with E-state index in [0.717, 1.165) is 36.6 Å². The highest BCUT2D eigenvalue weighted by molar-refractivity contribution is 6.42. The first-order valence-corrected chi connectivity index (χ1v) is 8.09. The summed E-state index contributed by atoms with van der Waals surface area (Å²) in [4.78, 5) is 2.39. The van der Waals surface area contributed by atoms with Gasteiger partial charge in [-0.15, -0.1) is 0 Å². The van der Waals surface area contributed by atoms with Crippen molar-refractivity contribution in [1.82, 2.24) is 15.1 Å². The summed E-state index contributed by atoms with van der Waals surface area (Å²) in [5.74, 6) is 0. The van der Waals surface area contributed by atoms with Gasteiger partial charge < -0.3 is 4.74 Å². The minimum Gasteiger partial charge on any atom is -0.371 e. The number of aryl methyl sites for hydroxylation is 2. The number of nitrogens with one attached hydrogen (secondary N) is 1. The van der Waals surface area contributed by atoms with E-state index in [1.807, 2.05) is 25.1 Å². The van der Waals surface area contributed by atoms with E-state index >= 15 is 0 Å². The maximum Gasteiger partial charge on any atom is 0.0953 e. The van der Waals surface area contributed by atoms with Gasteiger partial charge in [0.15, 0.2) is 0 Å². The van der Waals surface area contributed by atoms with Crippen molar-refractivity contribution in [3.63, 3.8) is 0 Å². The molecule has 6 heteroatoms. The normalized spacial score (nSPS) is 19.5. The summed E-state index contributed by atoms with van der Waals surface area (Å²) in [5, 5.41) is 8.45. The number of hydrogen-bond acceptors (Lipinski definition) is 3. The Morgan fingerprint density at radius 1 is 1.32 bits per heavy atom. The quantitative estimate of drug-likeness (QED) is 0.921. The van der Waals surface area contributed by atoms with Crippen molar-refractivity contribution in [2.75, 3.05) is 19.7 Å². The summed E-state index contributed by atoms with van der Waals surface area (Å²) in [6.45, 7) is 7.45. The van der Waals surface area contributed by atoms with Crippen LogP contribution in [0.1, 0.15) is 28.6 Å². The molecule has 1 saturated heterocycles. The minimum atomic E-state index is 0.0241. The third-order valence-corrected chi connectivity index (χ3v) is 4.87. The molecular formula is C16H19Cl2N3O. The topological polar surface area (TPSA) is 41.2 Å². The highest BCUT2D eigenvalue weighted by Crippen LogP contribution is 2.29. The molecule has 1 atom stereocenters. The number of aromatic nitrogens is 2. The molecule has 1 aliphatic heterocycles. The van der Waals surface area contributed by atoms with Crippen molar-refractivity contribution < 1.29 is 4.74 Å². The molecule has 1 fully saturated rings. The monoisotopic (exact) mass is 339 g/mol. The third kappa shape index (κ3) is 3.30. The number of halogens is 2. The van der Waals surface area contributed by atoms with Gasteiger partial charge in [0.25, 0.3) is 0 Å². The van der Waals surface area contributed by atoms with E-state index in [-0.39, 0.29) is 6.10 Å². The second-order valence-electron chi connectivity index (χ2n) is 5.68. The lowest BCUT2D eigenvalue weighted by atomic mass is 10.1. The van der Waals surface area contributed by atoms with Gasteiger partial charge >= 0.3 is 0 Å². The number of morpholine rings is 1. The highest BCUT2D eigenvalue weighted by atomic mass is 35.5. The summed E-state index contributed by atoms with van der Waals surface area (Å²) in [6.07, 6.45) is 0.0241. The molecule has 0 saturated carbocycles. The molecule has 1 aromatic heterocycles. The molecule has 118 valence electrons. The van der Waals surface area contributed by atoms with E-state index in [9.17, 15) is 0 Å². The van der Waals surface area contributed by atoms with E-state index in [1.165, 1.54) is 5.56 Å². The Kier molecular flexibility index (Phi) is 4.73. The SMILES string of the molecule is Cc1n[nH]c(C)c1CN1CCO[C@@H](c2ccc(Cl)c(Cl)c2)C1. The zero-order valence-electron chi connectivity index (χ0n) is 12.7. The molecule has 2 heterocycles. The van der Waals surface area contributed by atoms with Crippen LogP contribution >= 0.6 is 23.2 Å². The number of nitrogens with zero attached hydrogens (tertiary/aromatic N) is 2. The number of benzene rings is 1. The van der Waals surface area contributed by atoms with Crippen LogP contribution in [0.4, 0.5) is 0 Å². The minimum absolute atomic E-state index is 0.0241.